The summed E-state index contributed by atoms with van der Waals surface area (Å²) in [6.07, 6.45) is 0. The van der Waals surface area contributed by atoms with Crippen LogP contribution < -0.4 is 4.90 Å². The molecule has 0 unspecified atom stereocenters. The van der Waals surface area contributed by atoms with Crippen LogP contribution in [0.25, 0.3) is 0 Å². The topological polar surface area (TPSA) is 6.48 Å². The normalized spacial score (nSPS) is 17.5. The molecule has 2 nitrogen and oxygen atoms in total. The number of hydrogen-bond donors (Lipinski definition) is 0. The first-order valence-electron chi connectivity index (χ1n) is 5.41. The molecule has 0 aliphatic carbocycles. The third kappa shape index (κ3) is 2.00. The standard InChI is InChI=1S/C13H18N2/c1-10-7-11(2)13(12(3)8-10)15-6-5-14(4)9-15/h7-8H,5-6H2,1-4H3. The summed E-state index contributed by atoms with van der Waals surface area (Å²) in [5.74, 6) is 0. The highest BCUT2D eigenvalue weighted by Crippen LogP contribution is 2.29. The van der Waals surface area contributed by atoms with Gasteiger partial charge in [-0.25, -0.2) is 0 Å². The number of aryl methyl sites for hydroxylation is 3. The van der Waals surface area contributed by atoms with E-state index in [1.807, 2.05) is 0 Å². The van der Waals surface area contributed by atoms with Gasteiger partial charge in [-0.2, -0.15) is 0 Å². The molecule has 0 amide bonds. The molecule has 1 aromatic rings. The summed E-state index contributed by atoms with van der Waals surface area (Å²) >= 11 is 0. The Labute approximate surface area is 92.5 Å². The van der Waals surface area contributed by atoms with E-state index in [1.165, 1.54) is 22.4 Å². The minimum Gasteiger partial charge on any atom is -0.345 e. The van der Waals surface area contributed by atoms with Gasteiger partial charge >= 0.3 is 0 Å². The second-order valence-electron chi connectivity index (χ2n) is 4.42. The van der Waals surface area contributed by atoms with Crippen LogP contribution in [0.1, 0.15) is 16.7 Å². The molecule has 15 heavy (non-hydrogen) atoms. The van der Waals surface area contributed by atoms with Crippen LogP contribution in [0.5, 0.6) is 0 Å². The summed E-state index contributed by atoms with van der Waals surface area (Å²) in [7, 11) is 2.07. The first-order valence-corrected chi connectivity index (χ1v) is 5.41. The molecule has 1 heterocycles. The van der Waals surface area contributed by atoms with Crippen molar-refractivity contribution >= 4 is 5.69 Å². The van der Waals surface area contributed by atoms with Gasteiger partial charge in [0.2, 0.25) is 0 Å². The number of likely N-dealkylation sites (N-methyl/N-ethyl adjacent to an activating group) is 1. The first kappa shape index (κ1) is 10.5. The Morgan fingerprint density at radius 3 is 2.13 bits per heavy atom. The van der Waals surface area contributed by atoms with Gasteiger partial charge in [0, 0.05) is 18.8 Å². The van der Waals surface area contributed by atoms with Crippen molar-refractivity contribution < 1.29 is 0 Å². The van der Waals surface area contributed by atoms with E-state index in [1.54, 1.807) is 0 Å². The number of hydrogen-bond acceptors (Lipinski definition) is 2. The molecule has 2 heteroatoms. The highest BCUT2D eigenvalue weighted by atomic mass is 15.4. The molecule has 1 aromatic carbocycles. The van der Waals surface area contributed by atoms with Crippen molar-refractivity contribution in [3.8, 4) is 0 Å². The molecule has 1 aliphatic rings. The lowest BCUT2D eigenvalue weighted by Crippen LogP contribution is -2.18. The predicted octanol–water partition coefficient (Wildman–Crippen LogP) is 2.36. The van der Waals surface area contributed by atoms with Gasteiger partial charge in [0.25, 0.3) is 0 Å². The number of anilines is 1. The van der Waals surface area contributed by atoms with Gasteiger partial charge in [0.15, 0.2) is 6.67 Å². The van der Waals surface area contributed by atoms with Crippen LogP contribution in [-0.2, 0) is 0 Å². The lowest BCUT2D eigenvalue weighted by molar-refractivity contribution is 0.480. The fraction of sp³-hybridized carbons (Fsp3) is 0.462. The summed E-state index contributed by atoms with van der Waals surface area (Å²) in [5, 5.41) is 0. The molecule has 2 rings (SSSR count). The van der Waals surface area contributed by atoms with Gasteiger partial charge in [0.1, 0.15) is 0 Å². The summed E-state index contributed by atoms with van der Waals surface area (Å²) in [4.78, 5) is 4.34. The van der Waals surface area contributed by atoms with E-state index < -0.39 is 0 Å². The molecular weight excluding hydrogens is 184 g/mol. The minimum atomic E-state index is 1.04. The summed E-state index contributed by atoms with van der Waals surface area (Å²) in [5.41, 5.74) is 5.34. The Bertz CT molecular complexity index is 348. The molecule has 80 valence electrons. The van der Waals surface area contributed by atoms with Crippen molar-refractivity contribution in [1.29, 1.82) is 0 Å². The first-order chi connectivity index (χ1) is 7.08. The lowest BCUT2D eigenvalue weighted by Gasteiger charge is -2.21. The maximum atomic E-state index is 3.34. The Morgan fingerprint density at radius 1 is 1.07 bits per heavy atom. The van der Waals surface area contributed by atoms with Gasteiger partial charge in [-0.1, -0.05) is 17.7 Å². The molecule has 1 aliphatic heterocycles. The van der Waals surface area contributed by atoms with E-state index >= 15 is 0 Å². The van der Waals surface area contributed by atoms with Crippen LogP contribution in [0, 0.1) is 27.4 Å². The van der Waals surface area contributed by atoms with Crippen molar-refractivity contribution in [3.05, 3.63) is 35.5 Å². The molecular formula is C13H18N2. The number of benzene rings is 1. The number of nitrogens with zero attached hydrogens (tertiary/aromatic N) is 2. The monoisotopic (exact) mass is 202 g/mol. The molecule has 0 N–H and O–H groups in total. The molecule has 0 spiro atoms. The van der Waals surface area contributed by atoms with Gasteiger partial charge in [-0.15, -0.1) is 0 Å². The molecule has 1 fully saturated rings. The third-order valence-corrected chi connectivity index (χ3v) is 2.86. The maximum absolute atomic E-state index is 3.34. The second kappa shape index (κ2) is 3.86. The summed E-state index contributed by atoms with van der Waals surface area (Å²) in [6, 6.07) is 4.48. The fourth-order valence-electron chi connectivity index (χ4n) is 2.32. The largest absolute Gasteiger partial charge is 0.345 e. The van der Waals surface area contributed by atoms with Crippen LogP contribution in [0.3, 0.4) is 0 Å². The SMILES string of the molecule is Cc1cc(C)c(N2[C]N(C)CC2)c(C)c1. The van der Waals surface area contributed by atoms with Crippen molar-refractivity contribution in [1.82, 2.24) is 4.90 Å². The van der Waals surface area contributed by atoms with Gasteiger partial charge < -0.3 is 4.90 Å². The summed E-state index contributed by atoms with van der Waals surface area (Å²) in [6.45, 7) is 11.9. The average Bonchev–Trinajstić information content (AvgIpc) is 2.49. The van der Waals surface area contributed by atoms with Crippen LogP contribution in [0.2, 0.25) is 0 Å². The zero-order valence-electron chi connectivity index (χ0n) is 9.96. The highest BCUT2D eigenvalue weighted by molar-refractivity contribution is 5.61. The quantitative estimate of drug-likeness (QED) is 0.690. The fourth-order valence-corrected chi connectivity index (χ4v) is 2.32. The van der Waals surface area contributed by atoms with E-state index in [4.69, 9.17) is 0 Å². The summed E-state index contributed by atoms with van der Waals surface area (Å²) < 4.78 is 0. The third-order valence-electron chi connectivity index (χ3n) is 2.86. The van der Waals surface area contributed by atoms with E-state index in [9.17, 15) is 0 Å². The van der Waals surface area contributed by atoms with Crippen molar-refractivity contribution in [2.45, 2.75) is 20.8 Å². The van der Waals surface area contributed by atoms with E-state index in [0.717, 1.165) is 13.1 Å². The lowest BCUT2D eigenvalue weighted by atomic mass is 10.0. The highest BCUT2D eigenvalue weighted by Gasteiger charge is 2.21. The second-order valence-corrected chi connectivity index (χ2v) is 4.42. The van der Waals surface area contributed by atoms with Crippen molar-refractivity contribution in [2.75, 3.05) is 25.0 Å². The van der Waals surface area contributed by atoms with E-state index in [-0.39, 0.29) is 0 Å². The van der Waals surface area contributed by atoms with Crippen molar-refractivity contribution in [3.63, 3.8) is 0 Å². The zero-order valence-corrected chi connectivity index (χ0v) is 9.96. The van der Waals surface area contributed by atoms with Crippen LogP contribution in [-0.4, -0.2) is 25.0 Å². The molecule has 2 radical (unpaired) electrons. The minimum absolute atomic E-state index is 1.04. The molecule has 0 saturated carbocycles. The Kier molecular flexibility index (Phi) is 2.70. The van der Waals surface area contributed by atoms with E-state index in [2.05, 4.69) is 56.4 Å². The molecule has 0 bridgehead atoms. The smallest absolute Gasteiger partial charge is 0.177 e. The zero-order chi connectivity index (χ0) is 11.0. The Hall–Kier alpha value is -1.02. The Balaban J connectivity index is 2.35. The van der Waals surface area contributed by atoms with Gasteiger partial charge in [-0.3, -0.25) is 4.90 Å². The number of rotatable bonds is 1. The van der Waals surface area contributed by atoms with Gasteiger partial charge in [0.05, 0.1) is 0 Å². The van der Waals surface area contributed by atoms with Crippen molar-refractivity contribution in [2.24, 2.45) is 0 Å². The van der Waals surface area contributed by atoms with Crippen LogP contribution >= 0.6 is 0 Å². The average molecular weight is 202 g/mol. The molecule has 0 aromatic heterocycles. The van der Waals surface area contributed by atoms with Crippen LogP contribution in [0.4, 0.5) is 5.69 Å². The molecule has 0 atom stereocenters. The van der Waals surface area contributed by atoms with Crippen LogP contribution in [0.15, 0.2) is 12.1 Å². The van der Waals surface area contributed by atoms with E-state index in [0.29, 0.717) is 0 Å². The predicted molar refractivity (Wildman–Crippen MR) is 63.9 cm³/mol. The maximum Gasteiger partial charge on any atom is 0.177 e. The van der Waals surface area contributed by atoms with Gasteiger partial charge in [-0.05, 0) is 38.9 Å². The Morgan fingerprint density at radius 2 is 1.67 bits per heavy atom. The molecule has 1 saturated heterocycles.